The van der Waals surface area contributed by atoms with Crippen LogP contribution in [0.2, 0.25) is 0 Å². The van der Waals surface area contributed by atoms with Gasteiger partial charge in [0.1, 0.15) is 22.7 Å². The van der Waals surface area contributed by atoms with Crippen LogP contribution in [0.1, 0.15) is 61.8 Å². The summed E-state index contributed by atoms with van der Waals surface area (Å²) in [5.74, 6) is 1.92. The van der Waals surface area contributed by atoms with Crippen LogP contribution >= 0.6 is 24.4 Å². The second-order valence-corrected chi connectivity index (χ2v) is 17.1. The maximum absolute atomic E-state index is 12.0. The van der Waals surface area contributed by atoms with Crippen molar-refractivity contribution in [2.45, 2.75) is 50.7 Å². The number of nitrogens with zero attached hydrogens (tertiary/aromatic N) is 2. The molecule has 0 aliphatic carbocycles. The standard InChI is InChI=1S/2C27H30N2O2S/c2*1-2-31-25-15-13-24(14-16-25)28-26(32)29-19-17-23(18-20-29)27(30,21-9-5-3-6-10-21)22-11-7-4-8-12-22/h2*3-16,23,30H,2,17-20H2,1H3,(H,28,32). The zero-order chi connectivity index (χ0) is 44.8. The molecule has 2 heterocycles. The molecular formula is C54H60N4O4S2. The van der Waals surface area contributed by atoms with Gasteiger partial charge in [-0.15, -0.1) is 0 Å². The van der Waals surface area contributed by atoms with E-state index in [-0.39, 0.29) is 11.8 Å². The number of hydrogen-bond donors (Lipinski definition) is 4. The summed E-state index contributed by atoms with van der Waals surface area (Å²) in [7, 11) is 0. The molecule has 0 atom stereocenters. The molecule has 64 heavy (non-hydrogen) atoms. The van der Waals surface area contributed by atoms with E-state index in [0.717, 1.165) is 107 Å². The van der Waals surface area contributed by atoms with Gasteiger partial charge in [0.25, 0.3) is 0 Å². The van der Waals surface area contributed by atoms with Gasteiger partial charge in [0.15, 0.2) is 10.2 Å². The Balaban J connectivity index is 0.000000191. The SMILES string of the molecule is CCOc1ccc(NC(=S)N2CCC(C(O)(c3ccccc3)c3ccccc3)CC2)cc1.CCOc1ccc(NC(=S)N2CCC(C(O)(c3ccccc3)c3ccccc3)CC2)cc1. The van der Waals surface area contributed by atoms with Gasteiger partial charge in [0.2, 0.25) is 0 Å². The fourth-order valence-electron chi connectivity index (χ4n) is 9.05. The lowest BCUT2D eigenvalue weighted by molar-refractivity contribution is -0.00646. The summed E-state index contributed by atoms with van der Waals surface area (Å²) in [4.78, 5) is 4.39. The van der Waals surface area contributed by atoms with Crippen LogP contribution < -0.4 is 20.1 Å². The number of aliphatic hydroxyl groups is 2. The van der Waals surface area contributed by atoms with Crippen molar-refractivity contribution in [2.75, 3.05) is 50.0 Å². The predicted molar refractivity (Wildman–Crippen MR) is 268 cm³/mol. The first-order chi connectivity index (χ1) is 31.2. The lowest BCUT2D eigenvalue weighted by Gasteiger charge is -2.43. The highest BCUT2D eigenvalue weighted by Gasteiger charge is 2.43. The molecule has 332 valence electrons. The van der Waals surface area contributed by atoms with E-state index in [1.807, 2.05) is 184 Å². The molecule has 0 aromatic heterocycles. The average Bonchev–Trinajstić information content (AvgIpc) is 3.36. The highest BCUT2D eigenvalue weighted by atomic mass is 32.1. The molecule has 8 nitrogen and oxygen atoms in total. The molecular weight excluding hydrogens is 833 g/mol. The molecule has 0 saturated carbocycles. The minimum absolute atomic E-state index is 0.108. The van der Waals surface area contributed by atoms with Gasteiger partial charge < -0.3 is 40.1 Å². The van der Waals surface area contributed by atoms with Crippen molar-refractivity contribution in [2.24, 2.45) is 11.8 Å². The third kappa shape index (κ3) is 11.1. The molecule has 0 unspecified atom stereocenters. The lowest BCUT2D eigenvalue weighted by Crippen LogP contribution is -2.47. The van der Waals surface area contributed by atoms with Crippen LogP contribution in [-0.4, -0.2) is 69.6 Å². The summed E-state index contributed by atoms with van der Waals surface area (Å²) in [6.45, 7) is 8.45. The molecule has 0 bridgehead atoms. The molecule has 2 fully saturated rings. The molecule has 2 aliphatic heterocycles. The monoisotopic (exact) mass is 892 g/mol. The van der Waals surface area contributed by atoms with Crippen molar-refractivity contribution >= 4 is 46.0 Å². The topological polar surface area (TPSA) is 89.5 Å². The summed E-state index contributed by atoms with van der Waals surface area (Å²) < 4.78 is 11.0. The Morgan fingerprint density at radius 2 is 0.734 bits per heavy atom. The largest absolute Gasteiger partial charge is 0.494 e. The van der Waals surface area contributed by atoms with Crippen LogP contribution in [-0.2, 0) is 11.2 Å². The first-order valence-corrected chi connectivity index (χ1v) is 23.3. The summed E-state index contributed by atoms with van der Waals surface area (Å²) in [6, 6.07) is 55.8. The Hall–Kier alpha value is -5.78. The van der Waals surface area contributed by atoms with Gasteiger partial charge in [-0.1, -0.05) is 121 Å². The number of benzene rings is 6. The highest BCUT2D eigenvalue weighted by Crippen LogP contribution is 2.43. The first-order valence-electron chi connectivity index (χ1n) is 22.5. The van der Waals surface area contributed by atoms with Crippen molar-refractivity contribution in [3.8, 4) is 11.5 Å². The fourth-order valence-corrected chi connectivity index (χ4v) is 9.65. The second kappa shape index (κ2) is 22.2. The van der Waals surface area contributed by atoms with Crippen molar-refractivity contribution in [3.05, 3.63) is 192 Å². The number of nitrogens with one attached hydrogen (secondary N) is 2. The molecule has 6 aromatic carbocycles. The molecule has 8 rings (SSSR count). The van der Waals surface area contributed by atoms with Crippen LogP contribution in [0.25, 0.3) is 0 Å². The Labute approximate surface area is 389 Å². The smallest absolute Gasteiger partial charge is 0.173 e. The minimum atomic E-state index is -1.02. The number of rotatable bonds is 12. The molecule has 2 aliphatic rings. The zero-order valence-corrected chi connectivity index (χ0v) is 38.4. The van der Waals surface area contributed by atoms with E-state index in [9.17, 15) is 10.2 Å². The van der Waals surface area contributed by atoms with Crippen molar-refractivity contribution in [1.82, 2.24) is 9.80 Å². The number of piperidine rings is 2. The lowest BCUT2D eigenvalue weighted by atomic mass is 9.72. The van der Waals surface area contributed by atoms with Crippen LogP contribution in [0.3, 0.4) is 0 Å². The number of hydrogen-bond acceptors (Lipinski definition) is 6. The second-order valence-electron chi connectivity index (χ2n) is 16.3. The van der Waals surface area contributed by atoms with E-state index in [2.05, 4.69) is 20.4 Å². The van der Waals surface area contributed by atoms with Gasteiger partial charge >= 0.3 is 0 Å². The zero-order valence-electron chi connectivity index (χ0n) is 36.8. The molecule has 0 amide bonds. The third-order valence-corrected chi connectivity index (χ3v) is 13.2. The van der Waals surface area contributed by atoms with Crippen LogP contribution in [0, 0.1) is 11.8 Å². The third-order valence-electron chi connectivity index (χ3n) is 12.4. The average molecular weight is 893 g/mol. The number of likely N-dealkylation sites (tertiary alicyclic amines) is 2. The van der Waals surface area contributed by atoms with Gasteiger partial charge in [0, 0.05) is 37.6 Å². The molecule has 4 N–H and O–H groups in total. The van der Waals surface area contributed by atoms with Gasteiger partial charge in [-0.3, -0.25) is 0 Å². The fraction of sp³-hybridized carbons (Fsp3) is 0.296. The van der Waals surface area contributed by atoms with E-state index >= 15 is 0 Å². The van der Waals surface area contributed by atoms with E-state index in [4.69, 9.17) is 33.9 Å². The molecule has 6 aromatic rings. The maximum atomic E-state index is 12.0. The van der Waals surface area contributed by atoms with Crippen molar-refractivity contribution in [1.29, 1.82) is 0 Å². The summed E-state index contributed by atoms with van der Waals surface area (Å²) in [5.41, 5.74) is 3.65. The molecule has 2 saturated heterocycles. The molecule has 10 heteroatoms. The van der Waals surface area contributed by atoms with Crippen LogP contribution in [0.5, 0.6) is 11.5 Å². The highest BCUT2D eigenvalue weighted by molar-refractivity contribution is 7.80. The van der Waals surface area contributed by atoms with Crippen LogP contribution in [0.15, 0.2) is 170 Å². The first kappa shape index (κ1) is 46.2. The minimum Gasteiger partial charge on any atom is -0.494 e. The Morgan fingerprint density at radius 3 is 0.984 bits per heavy atom. The van der Waals surface area contributed by atoms with Gasteiger partial charge in [-0.2, -0.15) is 0 Å². The van der Waals surface area contributed by atoms with Crippen LogP contribution in [0.4, 0.5) is 11.4 Å². The Bertz CT molecular complexity index is 2090. The van der Waals surface area contributed by atoms with E-state index in [1.54, 1.807) is 0 Å². The quantitative estimate of drug-likeness (QED) is 0.0891. The van der Waals surface area contributed by atoms with Crippen molar-refractivity contribution in [3.63, 3.8) is 0 Å². The van der Waals surface area contributed by atoms with E-state index in [1.165, 1.54) is 0 Å². The van der Waals surface area contributed by atoms with Gasteiger partial charge in [0.05, 0.1) is 13.2 Å². The number of thiocarbonyl (C=S) groups is 2. The van der Waals surface area contributed by atoms with Crippen molar-refractivity contribution < 1.29 is 19.7 Å². The van der Waals surface area contributed by atoms with E-state index < -0.39 is 11.2 Å². The Kier molecular flexibility index (Phi) is 16.0. The van der Waals surface area contributed by atoms with Gasteiger partial charge in [-0.25, -0.2) is 0 Å². The number of ether oxygens (including phenoxy) is 2. The summed E-state index contributed by atoms with van der Waals surface area (Å²) in [5, 5.41) is 32.2. The van der Waals surface area contributed by atoms with Gasteiger partial charge in [-0.05, 0) is 147 Å². The summed E-state index contributed by atoms with van der Waals surface area (Å²) in [6.07, 6.45) is 3.41. The normalized spacial score (nSPS) is 14.8. The maximum Gasteiger partial charge on any atom is 0.173 e. The molecule has 0 spiro atoms. The Morgan fingerprint density at radius 1 is 0.469 bits per heavy atom. The van der Waals surface area contributed by atoms with E-state index in [0.29, 0.717) is 13.2 Å². The predicted octanol–water partition coefficient (Wildman–Crippen LogP) is 10.9. The number of anilines is 2. The summed E-state index contributed by atoms with van der Waals surface area (Å²) >= 11 is 11.4. The molecule has 0 radical (unpaired) electrons.